The van der Waals surface area contributed by atoms with Crippen LogP contribution >= 0.6 is 0 Å². The van der Waals surface area contributed by atoms with Crippen molar-refractivity contribution in [1.29, 1.82) is 0 Å². The number of amides is 1. The van der Waals surface area contributed by atoms with Crippen LogP contribution in [0.25, 0.3) is 0 Å². The maximum Gasteiger partial charge on any atom is 0.573 e. The number of nitrogens with zero attached hydrogens (tertiary/aromatic N) is 1. The molecule has 1 amide bonds. The van der Waals surface area contributed by atoms with Crippen LogP contribution in [0.15, 0.2) is 42.5 Å². The largest absolute Gasteiger partial charge is 0.573 e. The highest BCUT2D eigenvalue weighted by atomic mass is 19.4. The molecular weight excluding hydrogens is 363 g/mol. The first-order valence-corrected chi connectivity index (χ1v) is 8.13. The molecule has 0 aromatic heterocycles. The molecule has 0 aliphatic carbocycles. The SMILES string of the molecule is COC(=O)c1ccc2c(c1)CCN2C(=O)Cc1ccc(OC(F)(F)F)cc1. The van der Waals surface area contributed by atoms with Gasteiger partial charge in [-0.15, -0.1) is 13.2 Å². The van der Waals surface area contributed by atoms with E-state index < -0.39 is 12.3 Å². The van der Waals surface area contributed by atoms with Gasteiger partial charge in [0, 0.05) is 12.2 Å². The lowest BCUT2D eigenvalue weighted by atomic mass is 10.1. The van der Waals surface area contributed by atoms with Gasteiger partial charge in [-0.05, 0) is 47.9 Å². The molecule has 0 unspecified atom stereocenters. The third-order valence-electron chi connectivity index (χ3n) is 4.21. The van der Waals surface area contributed by atoms with Crippen molar-refractivity contribution in [3.05, 3.63) is 59.2 Å². The zero-order valence-electron chi connectivity index (χ0n) is 14.4. The van der Waals surface area contributed by atoms with Gasteiger partial charge in [0.25, 0.3) is 0 Å². The lowest BCUT2D eigenvalue weighted by molar-refractivity contribution is -0.274. The average molecular weight is 379 g/mol. The number of hydrogen-bond acceptors (Lipinski definition) is 4. The number of halogens is 3. The molecule has 27 heavy (non-hydrogen) atoms. The molecule has 0 saturated carbocycles. The van der Waals surface area contributed by atoms with Crippen molar-refractivity contribution < 1.29 is 32.2 Å². The Morgan fingerprint density at radius 2 is 1.81 bits per heavy atom. The molecule has 1 aliphatic rings. The summed E-state index contributed by atoms with van der Waals surface area (Å²) < 4.78 is 45.1. The van der Waals surface area contributed by atoms with Gasteiger partial charge in [-0.1, -0.05) is 12.1 Å². The second kappa shape index (κ2) is 7.30. The maximum atomic E-state index is 12.6. The van der Waals surface area contributed by atoms with E-state index in [1.54, 1.807) is 23.1 Å². The zero-order chi connectivity index (χ0) is 19.6. The fourth-order valence-corrected chi connectivity index (χ4v) is 2.98. The number of carbonyl (C=O) groups excluding carboxylic acids is 2. The summed E-state index contributed by atoms with van der Waals surface area (Å²) in [6.45, 7) is 0.480. The summed E-state index contributed by atoms with van der Waals surface area (Å²) in [5.41, 5.74) is 2.60. The van der Waals surface area contributed by atoms with Gasteiger partial charge < -0.3 is 14.4 Å². The van der Waals surface area contributed by atoms with Gasteiger partial charge in [0.15, 0.2) is 0 Å². The van der Waals surface area contributed by atoms with Crippen LogP contribution in [0.1, 0.15) is 21.5 Å². The van der Waals surface area contributed by atoms with Crippen molar-refractivity contribution in [2.45, 2.75) is 19.2 Å². The van der Waals surface area contributed by atoms with Crippen LogP contribution in [0.2, 0.25) is 0 Å². The number of hydrogen-bond donors (Lipinski definition) is 0. The normalized spacial score (nSPS) is 13.3. The molecule has 0 bridgehead atoms. The van der Waals surface area contributed by atoms with Crippen molar-refractivity contribution in [3.63, 3.8) is 0 Å². The van der Waals surface area contributed by atoms with Crippen LogP contribution < -0.4 is 9.64 Å². The predicted molar refractivity (Wildman–Crippen MR) is 90.7 cm³/mol. The van der Waals surface area contributed by atoms with E-state index in [1.165, 1.54) is 31.4 Å². The second-order valence-electron chi connectivity index (χ2n) is 6.00. The number of fused-ring (bicyclic) bond motifs is 1. The number of ether oxygens (including phenoxy) is 2. The average Bonchev–Trinajstić information content (AvgIpc) is 3.04. The van der Waals surface area contributed by atoms with Gasteiger partial charge in [-0.3, -0.25) is 4.79 Å². The Morgan fingerprint density at radius 3 is 2.44 bits per heavy atom. The number of esters is 1. The number of carbonyl (C=O) groups is 2. The van der Waals surface area contributed by atoms with E-state index in [9.17, 15) is 22.8 Å². The summed E-state index contributed by atoms with van der Waals surface area (Å²) in [6.07, 6.45) is -4.09. The lowest BCUT2D eigenvalue weighted by Gasteiger charge is -2.18. The van der Waals surface area contributed by atoms with Gasteiger partial charge >= 0.3 is 12.3 Å². The summed E-state index contributed by atoms with van der Waals surface area (Å²) in [4.78, 5) is 25.8. The number of benzene rings is 2. The van der Waals surface area contributed by atoms with Crippen molar-refractivity contribution in [2.75, 3.05) is 18.6 Å². The molecule has 0 fully saturated rings. The van der Waals surface area contributed by atoms with E-state index in [0.717, 1.165) is 11.3 Å². The first kappa shape index (κ1) is 18.8. The molecule has 2 aromatic rings. The third kappa shape index (κ3) is 4.39. The highest BCUT2D eigenvalue weighted by Crippen LogP contribution is 2.30. The number of alkyl halides is 3. The Kier molecular flexibility index (Phi) is 5.07. The number of anilines is 1. The molecule has 1 heterocycles. The van der Waals surface area contributed by atoms with Gasteiger partial charge in [-0.2, -0.15) is 0 Å². The van der Waals surface area contributed by atoms with Crippen LogP contribution in [-0.4, -0.2) is 31.9 Å². The summed E-state index contributed by atoms with van der Waals surface area (Å²) in [6, 6.07) is 10.2. The first-order chi connectivity index (χ1) is 12.8. The molecule has 0 spiro atoms. The van der Waals surface area contributed by atoms with Crippen LogP contribution in [-0.2, 0) is 22.4 Å². The monoisotopic (exact) mass is 379 g/mol. The minimum absolute atomic E-state index is 0.0461. The topological polar surface area (TPSA) is 55.8 Å². The zero-order valence-corrected chi connectivity index (χ0v) is 14.4. The Labute approximate surface area is 153 Å². The second-order valence-corrected chi connectivity index (χ2v) is 6.00. The van der Waals surface area contributed by atoms with Crippen molar-refractivity contribution >= 4 is 17.6 Å². The molecule has 0 saturated heterocycles. The molecule has 0 N–H and O–H groups in total. The Balaban J connectivity index is 1.69. The minimum Gasteiger partial charge on any atom is -0.465 e. The van der Waals surface area contributed by atoms with Crippen molar-refractivity contribution in [3.8, 4) is 5.75 Å². The smallest absolute Gasteiger partial charge is 0.465 e. The van der Waals surface area contributed by atoms with E-state index in [0.29, 0.717) is 24.1 Å². The molecule has 0 atom stereocenters. The Bertz CT molecular complexity index is 862. The fraction of sp³-hybridized carbons (Fsp3) is 0.263. The van der Waals surface area contributed by atoms with Crippen molar-refractivity contribution in [1.82, 2.24) is 0 Å². The molecule has 2 aromatic carbocycles. The summed E-state index contributed by atoms with van der Waals surface area (Å²) in [7, 11) is 1.30. The van der Waals surface area contributed by atoms with Gasteiger partial charge in [0.1, 0.15) is 5.75 Å². The van der Waals surface area contributed by atoms with Crippen molar-refractivity contribution in [2.24, 2.45) is 0 Å². The summed E-state index contributed by atoms with van der Waals surface area (Å²) in [5.74, 6) is -0.951. The van der Waals surface area contributed by atoms with E-state index >= 15 is 0 Å². The molecule has 3 rings (SSSR count). The lowest BCUT2D eigenvalue weighted by Crippen LogP contribution is -2.30. The molecule has 142 valence electrons. The predicted octanol–water partition coefficient (Wildman–Crippen LogP) is 3.50. The highest BCUT2D eigenvalue weighted by molar-refractivity contribution is 5.98. The van der Waals surface area contributed by atoms with E-state index in [-0.39, 0.29) is 18.1 Å². The molecular formula is C19H16F3NO4. The first-order valence-electron chi connectivity index (χ1n) is 8.13. The quantitative estimate of drug-likeness (QED) is 0.763. The Morgan fingerprint density at radius 1 is 1.11 bits per heavy atom. The van der Waals surface area contributed by atoms with E-state index in [4.69, 9.17) is 0 Å². The summed E-state index contributed by atoms with van der Waals surface area (Å²) >= 11 is 0. The van der Waals surface area contributed by atoms with Gasteiger partial charge in [0.2, 0.25) is 5.91 Å². The van der Waals surface area contributed by atoms with Crippen LogP contribution in [0.4, 0.5) is 18.9 Å². The molecule has 1 aliphatic heterocycles. The van der Waals surface area contributed by atoms with Crippen LogP contribution in [0, 0.1) is 0 Å². The Hall–Kier alpha value is -3.03. The maximum absolute atomic E-state index is 12.6. The highest BCUT2D eigenvalue weighted by Gasteiger charge is 2.31. The minimum atomic E-state index is -4.75. The molecule has 0 radical (unpaired) electrons. The van der Waals surface area contributed by atoms with Crippen LogP contribution in [0.3, 0.4) is 0 Å². The standard InChI is InChI=1S/C19H16F3NO4/c1-26-18(25)14-4-7-16-13(11-14)8-9-23(16)17(24)10-12-2-5-15(6-3-12)27-19(20,21)22/h2-7,11H,8-10H2,1H3. The fourth-order valence-electron chi connectivity index (χ4n) is 2.98. The summed E-state index contributed by atoms with van der Waals surface area (Å²) in [5, 5.41) is 0. The number of rotatable bonds is 4. The molecule has 5 nitrogen and oxygen atoms in total. The van der Waals surface area contributed by atoms with E-state index in [1.807, 2.05) is 0 Å². The van der Waals surface area contributed by atoms with Gasteiger partial charge in [0.05, 0.1) is 19.1 Å². The number of methoxy groups -OCH3 is 1. The van der Waals surface area contributed by atoms with Crippen LogP contribution in [0.5, 0.6) is 5.75 Å². The van der Waals surface area contributed by atoms with E-state index in [2.05, 4.69) is 9.47 Å². The van der Waals surface area contributed by atoms with Gasteiger partial charge in [-0.25, -0.2) is 4.79 Å². The third-order valence-corrected chi connectivity index (χ3v) is 4.21. The molecule has 8 heteroatoms.